The van der Waals surface area contributed by atoms with Gasteiger partial charge >= 0.3 is 6.18 Å². The van der Waals surface area contributed by atoms with Crippen LogP contribution >= 0.6 is 0 Å². The highest BCUT2D eigenvalue weighted by Crippen LogP contribution is 2.32. The number of imidazole rings is 1. The molecule has 2 fully saturated rings. The summed E-state index contributed by atoms with van der Waals surface area (Å²) < 4.78 is 41.1. The third-order valence-electron chi connectivity index (χ3n) is 6.52. The van der Waals surface area contributed by atoms with Gasteiger partial charge < -0.3 is 9.47 Å². The molecule has 0 aromatic carbocycles. The maximum atomic E-state index is 13.4. The minimum atomic E-state index is -4.64. The second kappa shape index (κ2) is 9.14. The van der Waals surface area contributed by atoms with Crippen molar-refractivity contribution in [1.82, 2.24) is 29.3 Å². The van der Waals surface area contributed by atoms with Gasteiger partial charge in [-0.25, -0.2) is 15.0 Å². The van der Waals surface area contributed by atoms with Crippen molar-refractivity contribution in [2.75, 3.05) is 38.1 Å². The summed E-state index contributed by atoms with van der Waals surface area (Å²) in [7, 11) is 3.89. The maximum absolute atomic E-state index is 13.4. The molecule has 11 heteroatoms. The summed E-state index contributed by atoms with van der Waals surface area (Å²) in [6.45, 7) is 4.18. The molecule has 1 saturated heterocycles. The highest BCUT2D eigenvalue weighted by Gasteiger charge is 2.37. The number of carbonyl (C=O) groups is 1. The molecule has 0 bridgehead atoms. The van der Waals surface area contributed by atoms with Crippen molar-refractivity contribution in [2.24, 2.45) is 7.05 Å². The van der Waals surface area contributed by atoms with Crippen LogP contribution in [0.5, 0.6) is 0 Å². The lowest BCUT2D eigenvalue weighted by molar-refractivity contribution is -0.141. The first-order valence-corrected chi connectivity index (χ1v) is 10.9. The van der Waals surface area contributed by atoms with Crippen LogP contribution in [0.4, 0.5) is 19.0 Å². The van der Waals surface area contributed by atoms with Gasteiger partial charge in [0.2, 0.25) is 0 Å². The molecule has 2 aliphatic rings. The van der Waals surface area contributed by atoms with Gasteiger partial charge in [-0.3, -0.25) is 14.6 Å². The third-order valence-corrected chi connectivity index (χ3v) is 6.52. The standard InChI is InChI=1S/C21H28F3N7O/c1-28-7-9-30(10-8-28)15-3-5-16(6-4-15)31(19-12-25-14-29(19)2)20(32)17-11-18(21(22,23)24)27-13-26-17/h11-16H,3-10H2,1-2H3. The average molecular weight is 451 g/mol. The molecule has 0 radical (unpaired) electrons. The van der Waals surface area contributed by atoms with Gasteiger partial charge in [-0.2, -0.15) is 13.2 Å². The summed E-state index contributed by atoms with van der Waals surface area (Å²) in [4.78, 5) is 31.1. The molecule has 3 heterocycles. The van der Waals surface area contributed by atoms with E-state index in [-0.39, 0.29) is 11.7 Å². The van der Waals surface area contributed by atoms with E-state index >= 15 is 0 Å². The Balaban J connectivity index is 1.54. The molecular formula is C21H28F3N7O. The second-order valence-corrected chi connectivity index (χ2v) is 8.63. The summed E-state index contributed by atoms with van der Waals surface area (Å²) in [5, 5.41) is 0. The fourth-order valence-electron chi connectivity index (χ4n) is 4.66. The van der Waals surface area contributed by atoms with Crippen molar-refractivity contribution in [2.45, 2.75) is 43.9 Å². The summed E-state index contributed by atoms with van der Waals surface area (Å²) in [5.74, 6) is -0.0187. The first-order valence-electron chi connectivity index (χ1n) is 10.9. The monoisotopic (exact) mass is 451 g/mol. The Kier molecular flexibility index (Phi) is 6.47. The largest absolute Gasteiger partial charge is 0.433 e. The molecule has 0 N–H and O–H groups in total. The van der Waals surface area contributed by atoms with Crippen molar-refractivity contribution < 1.29 is 18.0 Å². The lowest BCUT2D eigenvalue weighted by atomic mass is 9.88. The number of aryl methyl sites for hydroxylation is 1. The van der Waals surface area contributed by atoms with E-state index in [0.29, 0.717) is 11.9 Å². The number of anilines is 1. The molecule has 0 unspecified atom stereocenters. The number of aromatic nitrogens is 4. The van der Waals surface area contributed by atoms with Gasteiger partial charge in [0.15, 0.2) is 0 Å². The van der Waals surface area contributed by atoms with Crippen LogP contribution in [0.1, 0.15) is 41.9 Å². The van der Waals surface area contributed by atoms with E-state index in [1.54, 1.807) is 29.0 Å². The van der Waals surface area contributed by atoms with Gasteiger partial charge in [-0.15, -0.1) is 0 Å². The molecular weight excluding hydrogens is 423 g/mol. The number of rotatable bonds is 4. The van der Waals surface area contributed by atoms with E-state index in [4.69, 9.17) is 0 Å². The quantitative estimate of drug-likeness (QED) is 0.711. The summed E-state index contributed by atoms with van der Waals surface area (Å²) in [6, 6.07) is 1.06. The summed E-state index contributed by atoms with van der Waals surface area (Å²) in [6.07, 6.45) is 2.71. The van der Waals surface area contributed by atoms with Crippen molar-refractivity contribution in [3.05, 3.63) is 36.3 Å². The lowest BCUT2D eigenvalue weighted by Crippen LogP contribution is -2.52. The number of carbonyl (C=O) groups excluding carboxylic acids is 1. The molecule has 2 aromatic rings. The number of nitrogens with zero attached hydrogens (tertiary/aromatic N) is 7. The van der Waals surface area contributed by atoms with Crippen LogP contribution in [-0.4, -0.2) is 80.5 Å². The van der Waals surface area contributed by atoms with E-state index in [1.807, 2.05) is 0 Å². The van der Waals surface area contributed by atoms with Gasteiger partial charge in [-0.05, 0) is 32.7 Å². The number of hydrogen-bond acceptors (Lipinski definition) is 6. The molecule has 0 atom stereocenters. The number of amides is 1. The molecule has 0 spiro atoms. The smallest absolute Gasteiger partial charge is 0.320 e. The molecule has 1 saturated carbocycles. The Morgan fingerprint density at radius 3 is 2.34 bits per heavy atom. The first-order chi connectivity index (χ1) is 15.2. The van der Waals surface area contributed by atoms with E-state index in [9.17, 15) is 18.0 Å². The third kappa shape index (κ3) is 4.78. The average Bonchev–Trinajstić information content (AvgIpc) is 3.20. The zero-order valence-electron chi connectivity index (χ0n) is 18.3. The van der Waals surface area contributed by atoms with Crippen LogP contribution in [0.25, 0.3) is 0 Å². The zero-order chi connectivity index (χ0) is 22.9. The van der Waals surface area contributed by atoms with Gasteiger partial charge in [-0.1, -0.05) is 0 Å². The lowest BCUT2D eigenvalue weighted by Gasteiger charge is -2.43. The predicted octanol–water partition coefficient (Wildman–Crippen LogP) is 2.43. The molecule has 8 nitrogen and oxygen atoms in total. The number of alkyl halides is 3. The fraction of sp³-hybridized carbons (Fsp3) is 0.619. The molecule has 32 heavy (non-hydrogen) atoms. The molecule has 1 aliphatic carbocycles. The van der Waals surface area contributed by atoms with E-state index in [2.05, 4.69) is 31.8 Å². The zero-order valence-corrected chi connectivity index (χ0v) is 18.3. The van der Waals surface area contributed by atoms with E-state index in [0.717, 1.165) is 64.3 Å². The highest BCUT2D eigenvalue weighted by molar-refractivity contribution is 6.04. The minimum absolute atomic E-state index is 0.133. The van der Waals surface area contributed by atoms with E-state index in [1.165, 1.54) is 0 Å². The topological polar surface area (TPSA) is 70.4 Å². The second-order valence-electron chi connectivity index (χ2n) is 8.63. The Morgan fingerprint density at radius 1 is 1.06 bits per heavy atom. The van der Waals surface area contributed by atoms with E-state index < -0.39 is 17.8 Å². The molecule has 1 aliphatic heterocycles. The number of hydrogen-bond donors (Lipinski definition) is 0. The van der Waals surface area contributed by atoms with Gasteiger partial charge in [0, 0.05) is 51.4 Å². The van der Waals surface area contributed by atoms with Crippen molar-refractivity contribution in [3.63, 3.8) is 0 Å². The van der Waals surface area contributed by atoms with Gasteiger partial charge in [0.05, 0.1) is 12.5 Å². The molecule has 1 amide bonds. The highest BCUT2D eigenvalue weighted by atomic mass is 19.4. The predicted molar refractivity (Wildman–Crippen MR) is 112 cm³/mol. The summed E-state index contributed by atoms with van der Waals surface area (Å²) in [5.41, 5.74) is -1.39. The molecule has 2 aromatic heterocycles. The van der Waals surface area contributed by atoms with Crippen molar-refractivity contribution in [3.8, 4) is 0 Å². The number of piperazine rings is 1. The van der Waals surface area contributed by atoms with Crippen molar-refractivity contribution >= 4 is 11.7 Å². The first kappa shape index (κ1) is 22.7. The van der Waals surface area contributed by atoms with Gasteiger partial charge in [0.1, 0.15) is 23.5 Å². The number of likely N-dealkylation sites (N-methyl/N-ethyl adjacent to an activating group) is 1. The Bertz CT molecular complexity index is 931. The Morgan fingerprint density at radius 2 is 1.75 bits per heavy atom. The maximum Gasteiger partial charge on any atom is 0.433 e. The minimum Gasteiger partial charge on any atom is -0.320 e. The van der Waals surface area contributed by atoms with Crippen molar-refractivity contribution in [1.29, 1.82) is 0 Å². The van der Waals surface area contributed by atoms with Crippen LogP contribution in [0.3, 0.4) is 0 Å². The summed E-state index contributed by atoms with van der Waals surface area (Å²) >= 11 is 0. The van der Waals surface area contributed by atoms with Crippen LogP contribution in [-0.2, 0) is 13.2 Å². The Labute approximate surface area is 185 Å². The number of halogens is 3. The Hall–Kier alpha value is -2.53. The molecule has 174 valence electrons. The molecule has 4 rings (SSSR count). The van der Waals surface area contributed by atoms with Gasteiger partial charge in [0.25, 0.3) is 5.91 Å². The van der Waals surface area contributed by atoms with Crippen LogP contribution in [0.15, 0.2) is 24.9 Å². The van der Waals surface area contributed by atoms with Crippen LogP contribution < -0.4 is 4.90 Å². The normalized spacial score (nSPS) is 23.3. The fourth-order valence-corrected chi connectivity index (χ4v) is 4.66. The van der Waals surface area contributed by atoms with Crippen LogP contribution in [0.2, 0.25) is 0 Å². The van der Waals surface area contributed by atoms with Crippen LogP contribution in [0, 0.1) is 0 Å². The SMILES string of the molecule is CN1CCN(C2CCC(N(C(=O)c3cc(C(F)(F)F)ncn3)c3cncn3C)CC2)CC1.